The van der Waals surface area contributed by atoms with Crippen LogP contribution in [0.15, 0.2) is 24.7 Å². The highest BCUT2D eigenvalue weighted by Crippen LogP contribution is 2.42. The summed E-state index contributed by atoms with van der Waals surface area (Å²) < 4.78 is 83.1. The third kappa shape index (κ3) is 5.14. The number of hydrogen-bond acceptors (Lipinski definition) is 6. The number of hydrazine groups is 1. The molecule has 0 radical (unpaired) electrons. The normalized spacial score (nSPS) is 16.4. The van der Waals surface area contributed by atoms with E-state index in [2.05, 4.69) is 30.5 Å². The van der Waals surface area contributed by atoms with Crippen molar-refractivity contribution in [1.82, 2.24) is 20.4 Å². The number of carbonyl (C=O) groups is 1. The quantitative estimate of drug-likeness (QED) is 0.514. The summed E-state index contributed by atoms with van der Waals surface area (Å²) in [6.45, 7) is 1.49. The van der Waals surface area contributed by atoms with E-state index < -0.39 is 54.1 Å². The standard InChI is InChI=1S/C18H17F6N5O2/c1-16(2,18(22,23)24)31-15-11(19)3-9(6-27-15)12-7-26-13(8-25-12)28-29-14(30)10-4-17(20,21)5-10/h3,6-8,10H,4-5H2,1-2H3,(H,26,28)(H,29,30). The van der Waals surface area contributed by atoms with Gasteiger partial charge in [-0.2, -0.15) is 13.2 Å². The lowest BCUT2D eigenvalue weighted by molar-refractivity contribution is -0.235. The Labute approximate surface area is 172 Å². The smallest absolute Gasteiger partial charge is 0.427 e. The highest BCUT2D eigenvalue weighted by atomic mass is 19.4. The van der Waals surface area contributed by atoms with Crippen LogP contribution in [0.4, 0.5) is 32.2 Å². The number of aromatic nitrogens is 3. The number of amides is 1. The fraction of sp³-hybridized carbons (Fsp3) is 0.444. The van der Waals surface area contributed by atoms with Gasteiger partial charge in [0, 0.05) is 24.6 Å². The second-order valence-electron chi connectivity index (χ2n) is 7.48. The number of ether oxygens (including phenoxy) is 1. The Kier molecular flexibility index (Phi) is 5.72. The number of rotatable bonds is 6. The SMILES string of the molecule is CC(C)(Oc1ncc(-c2cnc(NNC(=O)C3CC(F)(F)C3)cn2)cc1F)C(F)(F)F. The lowest BCUT2D eigenvalue weighted by Gasteiger charge is -2.33. The fourth-order valence-corrected chi connectivity index (χ4v) is 2.56. The Bertz CT molecular complexity index is 957. The summed E-state index contributed by atoms with van der Waals surface area (Å²) in [6.07, 6.45) is -2.33. The van der Waals surface area contributed by atoms with E-state index in [1.807, 2.05) is 0 Å². The summed E-state index contributed by atoms with van der Waals surface area (Å²) in [6, 6.07) is 0.893. The minimum Gasteiger partial charge on any atom is -0.460 e. The molecule has 2 aromatic rings. The topological polar surface area (TPSA) is 89.0 Å². The third-order valence-corrected chi connectivity index (χ3v) is 4.56. The summed E-state index contributed by atoms with van der Waals surface area (Å²) in [5.74, 6) is -6.09. The van der Waals surface area contributed by atoms with Crippen LogP contribution >= 0.6 is 0 Å². The molecule has 0 aliphatic heterocycles. The molecule has 1 fully saturated rings. The van der Waals surface area contributed by atoms with Gasteiger partial charge in [0.1, 0.15) is 0 Å². The van der Waals surface area contributed by atoms with Crippen LogP contribution in [0.5, 0.6) is 5.88 Å². The molecule has 0 bridgehead atoms. The van der Waals surface area contributed by atoms with E-state index in [1.165, 1.54) is 12.4 Å². The highest BCUT2D eigenvalue weighted by molar-refractivity contribution is 5.80. The molecule has 2 N–H and O–H groups in total. The lowest BCUT2D eigenvalue weighted by atomic mass is 9.81. The second kappa shape index (κ2) is 7.85. The summed E-state index contributed by atoms with van der Waals surface area (Å²) in [4.78, 5) is 23.2. The fourth-order valence-electron chi connectivity index (χ4n) is 2.56. The van der Waals surface area contributed by atoms with Gasteiger partial charge < -0.3 is 4.74 Å². The number of carbonyl (C=O) groups excluding carboxylic acids is 1. The highest BCUT2D eigenvalue weighted by Gasteiger charge is 2.50. The second-order valence-corrected chi connectivity index (χ2v) is 7.48. The Morgan fingerprint density at radius 3 is 2.32 bits per heavy atom. The number of alkyl halides is 5. The maximum atomic E-state index is 14.2. The van der Waals surface area contributed by atoms with Gasteiger partial charge in [0.2, 0.25) is 11.8 Å². The molecule has 1 aliphatic rings. The molecule has 0 atom stereocenters. The predicted octanol–water partition coefficient (Wildman–Crippen LogP) is 3.89. The summed E-state index contributed by atoms with van der Waals surface area (Å²) >= 11 is 0. The molecule has 1 aliphatic carbocycles. The zero-order chi connectivity index (χ0) is 23.0. The number of anilines is 1. The van der Waals surface area contributed by atoms with Crippen LogP contribution in [-0.4, -0.2) is 38.6 Å². The van der Waals surface area contributed by atoms with E-state index in [9.17, 15) is 31.1 Å². The zero-order valence-corrected chi connectivity index (χ0v) is 16.2. The summed E-state index contributed by atoms with van der Waals surface area (Å²) in [5.41, 5.74) is 2.29. The Balaban J connectivity index is 1.62. The van der Waals surface area contributed by atoms with Crippen LogP contribution in [-0.2, 0) is 4.79 Å². The first kappa shape index (κ1) is 22.6. The van der Waals surface area contributed by atoms with Crippen LogP contribution in [0.25, 0.3) is 11.3 Å². The van der Waals surface area contributed by atoms with Gasteiger partial charge in [0.05, 0.1) is 24.0 Å². The van der Waals surface area contributed by atoms with Crippen molar-refractivity contribution in [1.29, 1.82) is 0 Å². The van der Waals surface area contributed by atoms with Crippen LogP contribution in [0.2, 0.25) is 0 Å². The van der Waals surface area contributed by atoms with Crippen molar-refractivity contribution in [2.45, 2.75) is 44.4 Å². The molecule has 0 unspecified atom stereocenters. The average molecular weight is 449 g/mol. The van der Waals surface area contributed by atoms with Crippen molar-refractivity contribution in [2.24, 2.45) is 5.92 Å². The average Bonchev–Trinajstić information content (AvgIpc) is 2.65. The monoisotopic (exact) mass is 449 g/mol. The van der Waals surface area contributed by atoms with E-state index in [0.717, 1.165) is 26.1 Å². The molecule has 13 heteroatoms. The molecular weight excluding hydrogens is 432 g/mol. The molecule has 1 amide bonds. The molecule has 1 saturated carbocycles. The molecular formula is C18H17F6N5O2. The van der Waals surface area contributed by atoms with E-state index >= 15 is 0 Å². The van der Waals surface area contributed by atoms with Crippen molar-refractivity contribution < 1.29 is 35.9 Å². The molecule has 7 nitrogen and oxygen atoms in total. The van der Waals surface area contributed by atoms with Crippen molar-refractivity contribution in [2.75, 3.05) is 5.43 Å². The lowest BCUT2D eigenvalue weighted by Crippen LogP contribution is -2.46. The number of nitrogens with zero attached hydrogens (tertiary/aromatic N) is 3. The maximum Gasteiger partial charge on any atom is 0.427 e. The van der Waals surface area contributed by atoms with E-state index in [0.29, 0.717) is 0 Å². The van der Waals surface area contributed by atoms with Gasteiger partial charge in [-0.25, -0.2) is 23.1 Å². The molecule has 0 saturated heterocycles. The van der Waals surface area contributed by atoms with Crippen molar-refractivity contribution in [3.8, 4) is 17.1 Å². The van der Waals surface area contributed by atoms with Gasteiger partial charge in [-0.15, -0.1) is 0 Å². The first-order chi connectivity index (χ1) is 14.3. The molecule has 2 aromatic heterocycles. The van der Waals surface area contributed by atoms with Crippen molar-refractivity contribution in [3.05, 3.63) is 30.5 Å². The number of halogens is 6. The molecule has 0 spiro atoms. The largest absolute Gasteiger partial charge is 0.460 e. The van der Waals surface area contributed by atoms with Gasteiger partial charge in [0.25, 0.3) is 5.88 Å². The van der Waals surface area contributed by atoms with E-state index in [4.69, 9.17) is 0 Å². The van der Waals surface area contributed by atoms with Gasteiger partial charge in [0.15, 0.2) is 17.2 Å². The Hall–Kier alpha value is -3.12. The number of nitrogens with one attached hydrogen (secondary N) is 2. The molecule has 0 aromatic carbocycles. The van der Waals surface area contributed by atoms with Crippen molar-refractivity contribution in [3.63, 3.8) is 0 Å². The minimum atomic E-state index is -4.73. The Morgan fingerprint density at radius 2 is 1.81 bits per heavy atom. The van der Waals surface area contributed by atoms with E-state index in [-0.39, 0.29) is 17.1 Å². The van der Waals surface area contributed by atoms with Crippen molar-refractivity contribution >= 4 is 11.7 Å². The van der Waals surface area contributed by atoms with Crippen LogP contribution in [0.1, 0.15) is 26.7 Å². The first-order valence-electron chi connectivity index (χ1n) is 8.95. The van der Waals surface area contributed by atoms with E-state index in [1.54, 1.807) is 0 Å². The minimum absolute atomic E-state index is 0.0866. The maximum absolute atomic E-state index is 14.2. The number of pyridine rings is 1. The summed E-state index contributed by atoms with van der Waals surface area (Å²) in [5, 5.41) is 0. The molecule has 168 valence electrons. The number of hydrogen-bond donors (Lipinski definition) is 2. The predicted molar refractivity (Wildman–Crippen MR) is 95.4 cm³/mol. The Morgan fingerprint density at radius 1 is 1.13 bits per heavy atom. The zero-order valence-electron chi connectivity index (χ0n) is 16.2. The van der Waals surface area contributed by atoms with Crippen LogP contribution in [0, 0.1) is 11.7 Å². The van der Waals surface area contributed by atoms with Crippen LogP contribution in [0.3, 0.4) is 0 Å². The molecule has 3 rings (SSSR count). The van der Waals surface area contributed by atoms with Gasteiger partial charge in [-0.1, -0.05) is 0 Å². The van der Waals surface area contributed by atoms with Gasteiger partial charge in [-0.05, 0) is 19.9 Å². The third-order valence-electron chi connectivity index (χ3n) is 4.56. The van der Waals surface area contributed by atoms with Gasteiger partial charge >= 0.3 is 6.18 Å². The first-order valence-corrected chi connectivity index (χ1v) is 8.95. The molecule has 31 heavy (non-hydrogen) atoms. The molecule has 2 heterocycles. The van der Waals surface area contributed by atoms with Crippen LogP contribution < -0.4 is 15.6 Å². The summed E-state index contributed by atoms with van der Waals surface area (Å²) in [7, 11) is 0. The van der Waals surface area contributed by atoms with Gasteiger partial charge in [-0.3, -0.25) is 20.6 Å².